The van der Waals surface area contributed by atoms with Crippen LogP contribution < -0.4 is 5.32 Å². The van der Waals surface area contributed by atoms with Gasteiger partial charge in [-0.15, -0.1) is 0 Å². The maximum Gasteiger partial charge on any atom is 0.225 e. The van der Waals surface area contributed by atoms with Gasteiger partial charge in [0.15, 0.2) is 5.78 Å². The van der Waals surface area contributed by atoms with Gasteiger partial charge >= 0.3 is 0 Å². The van der Waals surface area contributed by atoms with Crippen molar-refractivity contribution in [1.29, 1.82) is 0 Å². The van der Waals surface area contributed by atoms with E-state index in [1.54, 1.807) is 6.07 Å². The van der Waals surface area contributed by atoms with Crippen LogP contribution in [-0.2, 0) is 11.3 Å². The zero-order chi connectivity index (χ0) is 23.6. The summed E-state index contributed by atoms with van der Waals surface area (Å²) in [4.78, 5) is 31.6. The van der Waals surface area contributed by atoms with Crippen LogP contribution in [0.15, 0.2) is 18.2 Å². The molecule has 3 rings (SSSR count). The number of hydrogen-bond donors (Lipinski definition) is 1. The smallest absolute Gasteiger partial charge is 0.225 e. The second-order valence-corrected chi connectivity index (χ2v) is 9.38. The Balaban J connectivity index is 1.41. The molecule has 1 N–H and O–H groups in total. The van der Waals surface area contributed by atoms with Gasteiger partial charge in [-0.1, -0.05) is 12.5 Å². The van der Waals surface area contributed by atoms with Crippen LogP contribution in [0, 0.1) is 11.7 Å². The van der Waals surface area contributed by atoms with E-state index in [4.69, 9.17) is 0 Å². The molecular weight excluding hydrogens is 419 g/mol. The Morgan fingerprint density at radius 3 is 2.36 bits per heavy atom. The average molecular weight is 461 g/mol. The first-order chi connectivity index (χ1) is 16.0. The molecule has 0 unspecified atom stereocenters. The zero-order valence-electron chi connectivity index (χ0n) is 20.5. The summed E-state index contributed by atoms with van der Waals surface area (Å²) in [6.07, 6.45) is 5.51. The molecule has 2 aliphatic rings. The van der Waals surface area contributed by atoms with E-state index in [1.807, 2.05) is 24.8 Å². The molecule has 0 aromatic heterocycles. The minimum Gasteiger partial charge on any atom is -0.343 e. The third-order valence-electron chi connectivity index (χ3n) is 7.09. The summed E-state index contributed by atoms with van der Waals surface area (Å²) in [6.45, 7) is 12.0. The number of Topliss-reactive ketones (excluding diaryl/α,β-unsaturated/α-hetero) is 1. The van der Waals surface area contributed by atoms with Crippen molar-refractivity contribution >= 4 is 11.7 Å². The normalized spacial score (nSPS) is 18.4. The van der Waals surface area contributed by atoms with Gasteiger partial charge in [0.05, 0.1) is 12.1 Å². The minimum absolute atomic E-state index is 0.0975. The number of rotatable bonds is 11. The molecule has 184 valence electrons. The highest BCUT2D eigenvalue weighted by molar-refractivity contribution is 5.97. The van der Waals surface area contributed by atoms with Crippen molar-refractivity contribution in [3.8, 4) is 0 Å². The van der Waals surface area contributed by atoms with Crippen LogP contribution in [0.5, 0.6) is 0 Å². The third kappa shape index (κ3) is 7.59. The summed E-state index contributed by atoms with van der Waals surface area (Å²) in [7, 11) is 0. The Labute approximate surface area is 198 Å². The molecule has 1 aromatic rings. The van der Waals surface area contributed by atoms with Gasteiger partial charge in [0.25, 0.3) is 0 Å². The topological polar surface area (TPSA) is 55.9 Å². The number of carbonyl (C=O) groups excluding carboxylic acids is 2. The number of halogens is 1. The number of piperidine rings is 2. The Hall–Kier alpha value is -1.83. The molecule has 0 radical (unpaired) electrons. The second kappa shape index (κ2) is 13.2. The summed E-state index contributed by atoms with van der Waals surface area (Å²) >= 11 is 0. The fourth-order valence-electron chi connectivity index (χ4n) is 4.99. The van der Waals surface area contributed by atoms with Crippen LogP contribution >= 0.6 is 0 Å². The Kier molecular flexibility index (Phi) is 10.3. The largest absolute Gasteiger partial charge is 0.343 e. The van der Waals surface area contributed by atoms with Gasteiger partial charge in [-0.2, -0.15) is 0 Å². The van der Waals surface area contributed by atoms with Crippen LogP contribution in [0.4, 0.5) is 4.39 Å². The van der Waals surface area contributed by atoms with Crippen molar-refractivity contribution in [3.63, 3.8) is 0 Å². The summed E-state index contributed by atoms with van der Waals surface area (Å²) in [5, 5.41) is 3.17. The number of benzene rings is 1. The van der Waals surface area contributed by atoms with Gasteiger partial charge in [0.2, 0.25) is 5.91 Å². The van der Waals surface area contributed by atoms with Crippen LogP contribution in [0.2, 0.25) is 0 Å². The molecule has 6 nitrogen and oxygen atoms in total. The highest BCUT2D eigenvalue weighted by atomic mass is 19.1. The summed E-state index contributed by atoms with van der Waals surface area (Å²) in [5.74, 6) is -0.284. The first-order valence-corrected chi connectivity index (χ1v) is 12.8. The quantitative estimate of drug-likeness (QED) is 0.406. The molecule has 0 atom stereocenters. The van der Waals surface area contributed by atoms with Gasteiger partial charge in [0, 0.05) is 38.6 Å². The van der Waals surface area contributed by atoms with Gasteiger partial charge in [0.1, 0.15) is 5.82 Å². The summed E-state index contributed by atoms with van der Waals surface area (Å²) in [6, 6.07) is 4.97. The van der Waals surface area contributed by atoms with E-state index in [2.05, 4.69) is 15.1 Å². The Morgan fingerprint density at radius 1 is 1.03 bits per heavy atom. The lowest BCUT2D eigenvalue weighted by atomic mass is 9.94. The Bertz CT molecular complexity index is 770. The lowest BCUT2D eigenvalue weighted by Crippen LogP contribution is -2.42. The lowest BCUT2D eigenvalue weighted by molar-refractivity contribution is -0.136. The van der Waals surface area contributed by atoms with E-state index < -0.39 is 5.82 Å². The standard InChI is InChI=1S/C26H41FN4O2/c1-3-31(4-2)26(33)22-10-15-30(16-11-22)20-21-8-9-23(24(27)18-21)25(32)19-28-12-17-29-13-6-5-7-14-29/h8-9,18,22,28H,3-7,10-17,19-20H2,1-2H3. The molecule has 1 amide bonds. The van der Waals surface area contributed by atoms with Gasteiger partial charge in [-0.05, 0) is 83.4 Å². The molecule has 0 saturated carbocycles. The molecule has 1 aromatic carbocycles. The maximum absolute atomic E-state index is 14.7. The summed E-state index contributed by atoms with van der Waals surface area (Å²) < 4.78 is 14.7. The number of nitrogens with one attached hydrogen (secondary N) is 1. The van der Waals surface area contributed by atoms with Crippen LogP contribution in [0.25, 0.3) is 0 Å². The van der Waals surface area contributed by atoms with E-state index in [9.17, 15) is 14.0 Å². The van der Waals surface area contributed by atoms with Crippen molar-refractivity contribution in [2.24, 2.45) is 5.92 Å². The lowest BCUT2D eigenvalue weighted by Gasteiger charge is -2.33. The molecule has 2 aliphatic heterocycles. The monoisotopic (exact) mass is 460 g/mol. The summed E-state index contributed by atoms with van der Waals surface area (Å²) in [5.41, 5.74) is 1.03. The van der Waals surface area contributed by atoms with Crippen molar-refractivity contribution in [3.05, 3.63) is 35.1 Å². The molecule has 2 heterocycles. The van der Waals surface area contributed by atoms with Crippen LogP contribution in [0.3, 0.4) is 0 Å². The SMILES string of the molecule is CCN(CC)C(=O)C1CCN(Cc2ccc(C(=O)CNCCN3CCCCC3)c(F)c2)CC1. The molecule has 2 fully saturated rings. The minimum atomic E-state index is -0.443. The zero-order valence-corrected chi connectivity index (χ0v) is 20.5. The van der Waals surface area contributed by atoms with Gasteiger partial charge in [-0.25, -0.2) is 4.39 Å². The molecule has 2 saturated heterocycles. The number of ketones is 1. The predicted octanol–water partition coefficient (Wildman–Crippen LogP) is 3.16. The number of carbonyl (C=O) groups is 2. The fourth-order valence-corrected chi connectivity index (χ4v) is 4.99. The average Bonchev–Trinajstić information content (AvgIpc) is 2.83. The molecule has 33 heavy (non-hydrogen) atoms. The third-order valence-corrected chi connectivity index (χ3v) is 7.09. The maximum atomic E-state index is 14.7. The highest BCUT2D eigenvalue weighted by Crippen LogP contribution is 2.22. The second-order valence-electron chi connectivity index (χ2n) is 9.38. The van der Waals surface area contributed by atoms with Crippen LogP contribution in [0.1, 0.15) is 61.9 Å². The molecule has 0 aliphatic carbocycles. The molecule has 7 heteroatoms. The van der Waals surface area contributed by atoms with Crippen molar-refractivity contribution in [2.75, 3.05) is 58.9 Å². The Morgan fingerprint density at radius 2 is 1.73 bits per heavy atom. The number of hydrogen-bond acceptors (Lipinski definition) is 5. The number of amides is 1. The molecule has 0 spiro atoms. The van der Waals surface area contributed by atoms with E-state index in [0.717, 1.165) is 70.8 Å². The molecular formula is C26H41FN4O2. The number of likely N-dealkylation sites (tertiary alicyclic amines) is 2. The van der Waals surface area contributed by atoms with Crippen molar-refractivity contribution in [2.45, 2.75) is 52.5 Å². The fraction of sp³-hybridized carbons (Fsp3) is 0.692. The van der Waals surface area contributed by atoms with Crippen LogP contribution in [-0.4, -0.2) is 85.3 Å². The first-order valence-electron chi connectivity index (χ1n) is 12.8. The predicted molar refractivity (Wildman–Crippen MR) is 130 cm³/mol. The van der Waals surface area contributed by atoms with E-state index in [1.165, 1.54) is 25.3 Å². The van der Waals surface area contributed by atoms with Crippen molar-refractivity contribution < 1.29 is 14.0 Å². The van der Waals surface area contributed by atoms with E-state index in [-0.39, 0.29) is 29.7 Å². The van der Waals surface area contributed by atoms with Crippen molar-refractivity contribution in [1.82, 2.24) is 20.0 Å². The number of nitrogens with zero attached hydrogens (tertiary/aromatic N) is 3. The first kappa shape index (κ1) is 25.8. The van der Waals surface area contributed by atoms with Gasteiger partial charge in [-0.3, -0.25) is 14.5 Å². The molecule has 0 bridgehead atoms. The van der Waals surface area contributed by atoms with E-state index >= 15 is 0 Å². The highest BCUT2D eigenvalue weighted by Gasteiger charge is 2.27. The van der Waals surface area contributed by atoms with Gasteiger partial charge < -0.3 is 15.1 Å². The van der Waals surface area contributed by atoms with E-state index in [0.29, 0.717) is 6.54 Å².